The average Bonchev–Trinajstić information content (AvgIpc) is 2.83. The third-order valence-electron chi connectivity index (χ3n) is 5.13. The number of carbonyl (C=O) groups excluding carboxylic acids is 2. The Balaban J connectivity index is 1.97. The number of primary amides is 1. The summed E-state index contributed by atoms with van der Waals surface area (Å²) in [5.41, 5.74) is 7.67. The second-order valence-electron chi connectivity index (χ2n) is 7.55. The van der Waals surface area contributed by atoms with E-state index in [1.165, 1.54) is 38.5 Å². The number of nitrogens with two attached hydrogens (primary N) is 1. The highest BCUT2D eigenvalue weighted by Crippen LogP contribution is 2.27. The van der Waals surface area contributed by atoms with Crippen molar-refractivity contribution in [3.05, 3.63) is 83.4 Å². The fraction of sp³-hybridized carbons (Fsp3) is 0.154. The van der Waals surface area contributed by atoms with E-state index in [1.54, 1.807) is 48.5 Å². The van der Waals surface area contributed by atoms with Crippen molar-refractivity contribution >= 4 is 23.5 Å². The minimum absolute atomic E-state index is 0.0499. The first-order valence-corrected chi connectivity index (χ1v) is 10.4. The summed E-state index contributed by atoms with van der Waals surface area (Å²) < 4.78 is 10.6. The van der Waals surface area contributed by atoms with Crippen molar-refractivity contribution in [3.8, 4) is 23.0 Å². The molecule has 3 rings (SSSR count). The van der Waals surface area contributed by atoms with Crippen LogP contribution in [0.3, 0.4) is 0 Å². The predicted molar refractivity (Wildman–Crippen MR) is 128 cm³/mol. The smallest absolute Gasteiger partial charge is 0.252 e. The van der Waals surface area contributed by atoms with Crippen molar-refractivity contribution in [1.29, 1.82) is 0 Å². The van der Waals surface area contributed by atoms with Crippen molar-refractivity contribution in [3.63, 3.8) is 0 Å². The van der Waals surface area contributed by atoms with Gasteiger partial charge in [-0.1, -0.05) is 24.3 Å². The topological polar surface area (TPSA) is 131 Å². The number of amides is 2. The lowest BCUT2D eigenvalue weighted by Gasteiger charge is -2.18. The normalized spacial score (nSPS) is 12.0. The second kappa shape index (κ2) is 10.9. The molecule has 0 spiro atoms. The number of aromatic hydroxyl groups is 2. The predicted octanol–water partition coefficient (Wildman–Crippen LogP) is 2.87. The van der Waals surface area contributed by atoms with Crippen LogP contribution < -0.4 is 20.5 Å². The highest BCUT2D eigenvalue weighted by molar-refractivity contribution is 6.24. The number of nitrogens with one attached hydrogen (secondary N) is 1. The number of ether oxygens (including phenoxy) is 2. The van der Waals surface area contributed by atoms with Crippen LogP contribution >= 0.6 is 0 Å². The fourth-order valence-corrected chi connectivity index (χ4v) is 3.33. The summed E-state index contributed by atoms with van der Waals surface area (Å²) in [5, 5.41) is 21.8. The second-order valence-corrected chi connectivity index (χ2v) is 7.55. The quantitative estimate of drug-likeness (QED) is 0.286. The van der Waals surface area contributed by atoms with Gasteiger partial charge in [-0.3, -0.25) is 9.59 Å². The molecule has 0 bridgehead atoms. The van der Waals surface area contributed by atoms with Crippen LogP contribution in [-0.2, 0) is 16.0 Å². The molecule has 34 heavy (non-hydrogen) atoms. The Morgan fingerprint density at radius 2 is 1.44 bits per heavy atom. The number of hydrogen-bond acceptors (Lipinski definition) is 6. The number of phenolic OH excluding ortho intramolecular Hbond substituents is 2. The summed E-state index contributed by atoms with van der Waals surface area (Å²) in [6, 6.07) is 16.6. The molecule has 0 aromatic heterocycles. The molecular weight excluding hydrogens is 436 g/mol. The molecule has 3 aromatic rings. The van der Waals surface area contributed by atoms with Gasteiger partial charge in [0.25, 0.3) is 5.91 Å². The highest BCUT2D eigenvalue weighted by Gasteiger charge is 2.22. The van der Waals surface area contributed by atoms with E-state index in [-0.39, 0.29) is 23.5 Å². The molecule has 0 radical (unpaired) electrons. The van der Waals surface area contributed by atoms with Gasteiger partial charge in [0.15, 0.2) is 0 Å². The van der Waals surface area contributed by atoms with Gasteiger partial charge in [0, 0.05) is 18.1 Å². The molecule has 5 N–H and O–H groups in total. The fourth-order valence-electron chi connectivity index (χ4n) is 3.33. The molecule has 176 valence electrons. The maximum Gasteiger partial charge on any atom is 0.252 e. The molecule has 2 amide bonds. The van der Waals surface area contributed by atoms with Crippen molar-refractivity contribution < 1.29 is 29.3 Å². The molecule has 0 fully saturated rings. The number of methoxy groups -OCH3 is 2. The maximum atomic E-state index is 13.3. The molecule has 0 saturated heterocycles. The number of rotatable bonds is 9. The van der Waals surface area contributed by atoms with E-state index in [1.807, 2.05) is 0 Å². The zero-order valence-corrected chi connectivity index (χ0v) is 18.8. The summed E-state index contributed by atoms with van der Waals surface area (Å²) >= 11 is 0. The first-order chi connectivity index (χ1) is 16.3. The minimum atomic E-state index is -0.989. The zero-order valence-electron chi connectivity index (χ0n) is 18.8. The molecule has 0 aliphatic carbocycles. The monoisotopic (exact) mass is 462 g/mol. The molecule has 8 heteroatoms. The van der Waals surface area contributed by atoms with Gasteiger partial charge < -0.3 is 30.7 Å². The standard InChI is InChI=1S/C26H26N2O6/c1-33-21-11-17(12-22(15-21)34-2)13-23(18-5-9-20(30)10-6-18)26(32)28-24(25(27)31)14-16-3-7-19(29)8-4-16/h3-13,15,24,29-30H,14H2,1-2H3,(H2,27,31)(H,28,32)/b23-13-. The van der Waals surface area contributed by atoms with E-state index in [4.69, 9.17) is 15.2 Å². The van der Waals surface area contributed by atoms with E-state index in [0.717, 1.165) is 5.56 Å². The average molecular weight is 463 g/mol. The van der Waals surface area contributed by atoms with E-state index >= 15 is 0 Å². The van der Waals surface area contributed by atoms with Crippen LogP contribution in [0.1, 0.15) is 16.7 Å². The van der Waals surface area contributed by atoms with Crippen LogP contribution in [0, 0.1) is 0 Å². The molecule has 0 aliphatic rings. The lowest BCUT2D eigenvalue weighted by molar-refractivity contribution is -0.124. The molecule has 8 nitrogen and oxygen atoms in total. The molecule has 3 aromatic carbocycles. The van der Waals surface area contributed by atoms with E-state index in [2.05, 4.69) is 5.32 Å². The van der Waals surface area contributed by atoms with Gasteiger partial charge in [0.1, 0.15) is 29.0 Å². The summed E-state index contributed by atoms with van der Waals surface area (Å²) in [5.74, 6) is -0.00928. The van der Waals surface area contributed by atoms with Gasteiger partial charge in [-0.2, -0.15) is 0 Å². The van der Waals surface area contributed by atoms with Crippen LogP contribution in [-0.4, -0.2) is 42.3 Å². The Morgan fingerprint density at radius 1 is 0.912 bits per heavy atom. The first-order valence-electron chi connectivity index (χ1n) is 10.4. The number of hydrogen-bond donors (Lipinski definition) is 4. The minimum Gasteiger partial charge on any atom is -0.508 e. The van der Waals surface area contributed by atoms with Gasteiger partial charge >= 0.3 is 0 Å². The Labute approximate surface area is 197 Å². The molecular formula is C26H26N2O6. The molecule has 0 aliphatic heterocycles. The van der Waals surface area contributed by atoms with Crippen molar-refractivity contribution in [2.75, 3.05) is 14.2 Å². The Bertz CT molecular complexity index is 1160. The molecule has 1 unspecified atom stereocenters. The van der Waals surface area contributed by atoms with Crippen molar-refractivity contribution in [2.45, 2.75) is 12.5 Å². The Morgan fingerprint density at radius 3 is 1.94 bits per heavy atom. The lowest BCUT2D eigenvalue weighted by Crippen LogP contribution is -2.46. The largest absolute Gasteiger partial charge is 0.508 e. The number of benzene rings is 3. The summed E-state index contributed by atoms with van der Waals surface area (Å²) in [7, 11) is 3.05. The Kier molecular flexibility index (Phi) is 7.76. The summed E-state index contributed by atoms with van der Waals surface area (Å²) in [6.45, 7) is 0. The zero-order chi connectivity index (χ0) is 24.7. The van der Waals surface area contributed by atoms with E-state index in [0.29, 0.717) is 22.6 Å². The number of carbonyl (C=O) groups is 2. The van der Waals surface area contributed by atoms with Crippen molar-refractivity contribution in [2.24, 2.45) is 5.73 Å². The van der Waals surface area contributed by atoms with E-state index < -0.39 is 17.9 Å². The van der Waals surface area contributed by atoms with Crippen molar-refractivity contribution in [1.82, 2.24) is 5.32 Å². The van der Waals surface area contributed by atoms with E-state index in [9.17, 15) is 19.8 Å². The number of phenols is 2. The maximum absolute atomic E-state index is 13.3. The van der Waals surface area contributed by atoms with Gasteiger partial charge in [-0.25, -0.2) is 0 Å². The Hall–Kier alpha value is -4.46. The van der Waals surface area contributed by atoms with Gasteiger partial charge in [-0.05, 0) is 59.2 Å². The third kappa shape index (κ3) is 6.29. The molecule has 0 heterocycles. The van der Waals surface area contributed by atoms with Crippen LogP contribution in [0.15, 0.2) is 66.7 Å². The first kappa shape index (κ1) is 24.2. The van der Waals surface area contributed by atoms with Crippen LogP contribution in [0.4, 0.5) is 0 Å². The molecule has 0 saturated carbocycles. The molecule has 1 atom stereocenters. The highest BCUT2D eigenvalue weighted by atomic mass is 16.5. The van der Waals surface area contributed by atoms with Gasteiger partial charge in [0.2, 0.25) is 5.91 Å². The van der Waals surface area contributed by atoms with Gasteiger partial charge in [-0.15, -0.1) is 0 Å². The summed E-state index contributed by atoms with van der Waals surface area (Å²) in [6.07, 6.45) is 1.78. The SMILES string of the molecule is COc1cc(/C=C(\C(=O)NC(Cc2ccc(O)cc2)C(N)=O)c2ccc(O)cc2)cc(OC)c1. The lowest BCUT2D eigenvalue weighted by atomic mass is 10.00. The third-order valence-corrected chi connectivity index (χ3v) is 5.13. The van der Waals surface area contributed by atoms with Crippen LogP contribution in [0.25, 0.3) is 11.6 Å². The summed E-state index contributed by atoms with van der Waals surface area (Å²) in [4.78, 5) is 25.5. The van der Waals surface area contributed by atoms with Gasteiger partial charge in [0.05, 0.1) is 14.2 Å². The van der Waals surface area contributed by atoms with Crippen LogP contribution in [0.2, 0.25) is 0 Å². The van der Waals surface area contributed by atoms with Crippen LogP contribution in [0.5, 0.6) is 23.0 Å².